The number of nitrogens with one attached hydrogen (secondary N) is 1. The number of hydrogen-bond donors (Lipinski definition) is 2. The number of anilines is 1. The number of aromatic nitrogens is 2. The van der Waals surface area contributed by atoms with E-state index in [1.807, 2.05) is 13.0 Å². The fourth-order valence-electron chi connectivity index (χ4n) is 0.776. The summed E-state index contributed by atoms with van der Waals surface area (Å²) in [6, 6.07) is 1.82. The van der Waals surface area contributed by atoms with Gasteiger partial charge in [-0.1, -0.05) is 11.8 Å². The monoisotopic (exact) mass is 177 g/mol. The maximum Gasteiger partial charge on any atom is 0.223 e. The Balaban J connectivity index is 2.45. The summed E-state index contributed by atoms with van der Waals surface area (Å²) in [5.41, 5.74) is 0.910. The van der Waals surface area contributed by atoms with E-state index >= 15 is 0 Å². The normalized spacial score (nSPS) is 8.77. The Morgan fingerprint density at radius 2 is 2.38 bits per heavy atom. The molecule has 0 saturated carbocycles. The molecule has 0 aliphatic heterocycles. The summed E-state index contributed by atoms with van der Waals surface area (Å²) in [5.74, 6) is 5.79. The predicted molar refractivity (Wildman–Crippen MR) is 50.1 cm³/mol. The van der Waals surface area contributed by atoms with Gasteiger partial charge in [0.25, 0.3) is 0 Å². The van der Waals surface area contributed by atoms with Gasteiger partial charge in [-0.3, -0.25) is 0 Å². The van der Waals surface area contributed by atoms with Crippen molar-refractivity contribution < 1.29 is 5.11 Å². The average Bonchev–Trinajstić information content (AvgIpc) is 2.13. The van der Waals surface area contributed by atoms with E-state index in [0.29, 0.717) is 12.5 Å². The van der Waals surface area contributed by atoms with Gasteiger partial charge in [0, 0.05) is 11.9 Å². The highest BCUT2D eigenvalue weighted by Crippen LogP contribution is 1.96. The molecule has 0 aliphatic rings. The van der Waals surface area contributed by atoms with Gasteiger partial charge in [-0.2, -0.15) is 0 Å². The van der Waals surface area contributed by atoms with Gasteiger partial charge in [0.15, 0.2) is 0 Å². The van der Waals surface area contributed by atoms with E-state index in [1.54, 1.807) is 6.20 Å². The molecule has 0 fully saturated rings. The fraction of sp³-hybridized carbons (Fsp3) is 0.333. The molecule has 1 aromatic heterocycles. The van der Waals surface area contributed by atoms with Crippen molar-refractivity contribution in [3.05, 3.63) is 18.0 Å². The lowest BCUT2D eigenvalue weighted by atomic mass is 10.5. The quantitative estimate of drug-likeness (QED) is 0.633. The first-order chi connectivity index (χ1) is 6.33. The van der Waals surface area contributed by atoms with Crippen LogP contribution in [0.3, 0.4) is 0 Å². The van der Waals surface area contributed by atoms with Crippen LogP contribution in [0.2, 0.25) is 0 Å². The third-order valence-electron chi connectivity index (χ3n) is 1.33. The van der Waals surface area contributed by atoms with E-state index in [-0.39, 0.29) is 6.61 Å². The second-order valence-corrected chi connectivity index (χ2v) is 2.39. The SMILES string of the molecule is Cc1ccnc(NCC#CCO)n1. The topological polar surface area (TPSA) is 58.0 Å². The molecule has 0 unspecified atom stereocenters. The van der Waals surface area contributed by atoms with E-state index in [2.05, 4.69) is 27.1 Å². The Hall–Kier alpha value is -1.60. The Kier molecular flexibility index (Phi) is 3.74. The van der Waals surface area contributed by atoms with Gasteiger partial charge < -0.3 is 10.4 Å². The van der Waals surface area contributed by atoms with Crippen molar-refractivity contribution in [2.45, 2.75) is 6.92 Å². The Bertz CT molecular complexity index is 327. The number of rotatable bonds is 2. The van der Waals surface area contributed by atoms with Crippen molar-refractivity contribution in [1.82, 2.24) is 9.97 Å². The molecule has 1 rings (SSSR count). The highest BCUT2D eigenvalue weighted by Gasteiger charge is 1.91. The maximum atomic E-state index is 8.37. The van der Waals surface area contributed by atoms with Crippen molar-refractivity contribution in [2.24, 2.45) is 0 Å². The fourth-order valence-corrected chi connectivity index (χ4v) is 0.776. The molecule has 0 aromatic carbocycles. The van der Waals surface area contributed by atoms with Gasteiger partial charge in [0.1, 0.15) is 6.61 Å². The minimum absolute atomic E-state index is 0.115. The molecule has 0 atom stereocenters. The molecule has 0 spiro atoms. The summed E-state index contributed by atoms with van der Waals surface area (Å²) >= 11 is 0. The van der Waals surface area contributed by atoms with E-state index in [1.165, 1.54) is 0 Å². The van der Waals surface area contributed by atoms with Crippen LogP contribution in [-0.2, 0) is 0 Å². The molecule has 0 amide bonds. The second-order valence-electron chi connectivity index (χ2n) is 2.39. The van der Waals surface area contributed by atoms with Crippen molar-refractivity contribution in [3.63, 3.8) is 0 Å². The van der Waals surface area contributed by atoms with Crippen molar-refractivity contribution in [2.75, 3.05) is 18.5 Å². The minimum Gasteiger partial charge on any atom is -0.384 e. The van der Waals surface area contributed by atoms with E-state index in [9.17, 15) is 0 Å². The van der Waals surface area contributed by atoms with E-state index in [0.717, 1.165) is 5.69 Å². The number of hydrogen-bond acceptors (Lipinski definition) is 4. The third kappa shape index (κ3) is 3.54. The van der Waals surface area contributed by atoms with Crippen LogP contribution in [0.1, 0.15) is 5.69 Å². The van der Waals surface area contributed by atoms with Gasteiger partial charge >= 0.3 is 0 Å². The van der Waals surface area contributed by atoms with Crippen LogP contribution in [-0.4, -0.2) is 28.2 Å². The van der Waals surface area contributed by atoms with Crippen LogP contribution in [0.4, 0.5) is 5.95 Å². The standard InChI is InChI=1S/C9H11N3O/c1-8-4-6-11-9(12-8)10-5-2-3-7-13/h4,6,13H,5,7H2,1H3,(H,10,11,12). The van der Waals surface area contributed by atoms with Crippen LogP contribution in [0.5, 0.6) is 0 Å². The van der Waals surface area contributed by atoms with Gasteiger partial charge in [0.2, 0.25) is 5.95 Å². The van der Waals surface area contributed by atoms with Crippen molar-refractivity contribution >= 4 is 5.95 Å². The molecule has 1 aromatic rings. The zero-order chi connectivity index (χ0) is 9.52. The molecule has 0 bridgehead atoms. The molecule has 1 heterocycles. The first-order valence-electron chi connectivity index (χ1n) is 3.93. The van der Waals surface area contributed by atoms with Gasteiger partial charge in [0.05, 0.1) is 6.54 Å². The van der Waals surface area contributed by atoms with Gasteiger partial charge in [-0.05, 0) is 13.0 Å². The summed E-state index contributed by atoms with van der Waals surface area (Å²) in [7, 11) is 0. The number of nitrogens with zero attached hydrogens (tertiary/aromatic N) is 2. The van der Waals surface area contributed by atoms with Crippen LogP contribution in [0.25, 0.3) is 0 Å². The lowest BCUT2D eigenvalue weighted by Gasteiger charge is -1.99. The minimum atomic E-state index is -0.115. The van der Waals surface area contributed by atoms with Crippen LogP contribution in [0.15, 0.2) is 12.3 Å². The molecule has 0 saturated heterocycles. The lowest BCUT2D eigenvalue weighted by Crippen LogP contribution is -2.03. The molecule has 0 radical (unpaired) electrons. The van der Waals surface area contributed by atoms with Crippen molar-refractivity contribution in [3.8, 4) is 11.8 Å². The van der Waals surface area contributed by atoms with Crippen LogP contribution >= 0.6 is 0 Å². The smallest absolute Gasteiger partial charge is 0.223 e. The Morgan fingerprint density at radius 1 is 1.54 bits per heavy atom. The first kappa shape index (κ1) is 9.49. The molecule has 4 nitrogen and oxygen atoms in total. The van der Waals surface area contributed by atoms with E-state index < -0.39 is 0 Å². The molecule has 2 N–H and O–H groups in total. The maximum absolute atomic E-state index is 8.37. The summed E-state index contributed by atoms with van der Waals surface area (Å²) in [5, 5.41) is 11.3. The zero-order valence-electron chi connectivity index (χ0n) is 7.41. The Labute approximate surface area is 77.0 Å². The largest absolute Gasteiger partial charge is 0.384 e. The molecule has 68 valence electrons. The predicted octanol–water partition coefficient (Wildman–Crippen LogP) is 0.193. The molecular weight excluding hydrogens is 166 g/mol. The second kappa shape index (κ2) is 5.12. The summed E-state index contributed by atoms with van der Waals surface area (Å²) in [6.07, 6.45) is 1.68. The molecule has 4 heteroatoms. The Morgan fingerprint density at radius 3 is 3.08 bits per heavy atom. The first-order valence-corrected chi connectivity index (χ1v) is 3.93. The highest BCUT2D eigenvalue weighted by molar-refractivity contribution is 5.27. The van der Waals surface area contributed by atoms with Gasteiger partial charge in [-0.25, -0.2) is 9.97 Å². The summed E-state index contributed by atoms with van der Waals surface area (Å²) in [4.78, 5) is 8.10. The average molecular weight is 177 g/mol. The molecule has 13 heavy (non-hydrogen) atoms. The summed E-state index contributed by atoms with van der Waals surface area (Å²) in [6.45, 7) is 2.23. The number of aliphatic hydroxyl groups is 1. The summed E-state index contributed by atoms with van der Waals surface area (Å²) < 4.78 is 0. The molecule has 0 aliphatic carbocycles. The zero-order valence-corrected chi connectivity index (χ0v) is 7.41. The highest BCUT2D eigenvalue weighted by atomic mass is 16.2. The van der Waals surface area contributed by atoms with Crippen LogP contribution < -0.4 is 5.32 Å². The third-order valence-corrected chi connectivity index (χ3v) is 1.33. The molecular formula is C9H11N3O. The number of aryl methyl sites for hydroxylation is 1. The lowest BCUT2D eigenvalue weighted by molar-refractivity contribution is 0.350. The van der Waals surface area contributed by atoms with Gasteiger partial charge in [-0.15, -0.1) is 0 Å². The van der Waals surface area contributed by atoms with Crippen LogP contribution in [0, 0.1) is 18.8 Å². The van der Waals surface area contributed by atoms with Crippen molar-refractivity contribution in [1.29, 1.82) is 0 Å². The number of aliphatic hydroxyl groups excluding tert-OH is 1. The van der Waals surface area contributed by atoms with E-state index in [4.69, 9.17) is 5.11 Å².